The van der Waals surface area contributed by atoms with Gasteiger partial charge in [-0.3, -0.25) is 4.90 Å². The Morgan fingerprint density at radius 3 is 2.60 bits per heavy atom. The summed E-state index contributed by atoms with van der Waals surface area (Å²) in [5.74, 6) is 0. The number of likely N-dealkylation sites (N-methyl/N-ethyl adjacent to an activating group) is 1. The molecule has 1 saturated carbocycles. The number of hydrogen-bond acceptors (Lipinski definition) is 1. The fourth-order valence-electron chi connectivity index (χ4n) is 1.22. The molecule has 0 aliphatic heterocycles. The second-order valence-electron chi connectivity index (χ2n) is 2.89. The molecule has 0 aromatic rings. The number of nitrogens with zero attached hydrogens (tertiary/aromatic N) is 1. The van der Waals surface area contributed by atoms with E-state index in [2.05, 4.69) is 30.9 Å². The summed E-state index contributed by atoms with van der Waals surface area (Å²) in [6.07, 6.45) is 7.21. The van der Waals surface area contributed by atoms with Crippen molar-refractivity contribution in [2.45, 2.75) is 32.7 Å². The van der Waals surface area contributed by atoms with E-state index in [0.717, 1.165) is 12.6 Å². The summed E-state index contributed by atoms with van der Waals surface area (Å²) in [6.45, 7) is 6.68. The van der Waals surface area contributed by atoms with Crippen LogP contribution in [0.25, 0.3) is 0 Å². The zero-order valence-corrected chi connectivity index (χ0v) is 7.01. The van der Waals surface area contributed by atoms with Crippen molar-refractivity contribution < 1.29 is 0 Å². The molecular formula is C9H17N. The first-order valence-electron chi connectivity index (χ1n) is 4.23. The fourth-order valence-corrected chi connectivity index (χ4v) is 1.22. The van der Waals surface area contributed by atoms with Gasteiger partial charge in [-0.15, -0.1) is 0 Å². The molecule has 1 rings (SSSR count). The van der Waals surface area contributed by atoms with E-state index in [1.165, 1.54) is 19.4 Å². The van der Waals surface area contributed by atoms with E-state index in [0.29, 0.717) is 0 Å². The molecule has 0 aromatic heterocycles. The lowest BCUT2D eigenvalue weighted by Crippen LogP contribution is -2.25. The van der Waals surface area contributed by atoms with Crippen LogP contribution < -0.4 is 0 Å². The first-order valence-corrected chi connectivity index (χ1v) is 4.23. The van der Waals surface area contributed by atoms with Gasteiger partial charge >= 0.3 is 0 Å². The van der Waals surface area contributed by atoms with Crippen LogP contribution in [0.5, 0.6) is 0 Å². The van der Waals surface area contributed by atoms with Crippen molar-refractivity contribution in [1.82, 2.24) is 4.90 Å². The van der Waals surface area contributed by atoms with Crippen molar-refractivity contribution >= 4 is 0 Å². The summed E-state index contributed by atoms with van der Waals surface area (Å²) >= 11 is 0. The van der Waals surface area contributed by atoms with Crippen LogP contribution in [0, 0.1) is 0 Å². The van der Waals surface area contributed by atoms with Gasteiger partial charge in [-0.25, -0.2) is 0 Å². The summed E-state index contributed by atoms with van der Waals surface area (Å²) in [6, 6.07) is 0.918. The van der Waals surface area contributed by atoms with Gasteiger partial charge in [-0.2, -0.15) is 0 Å². The van der Waals surface area contributed by atoms with Gasteiger partial charge in [0.25, 0.3) is 0 Å². The summed E-state index contributed by atoms with van der Waals surface area (Å²) < 4.78 is 0. The molecule has 0 heterocycles. The maximum atomic E-state index is 2.53. The summed E-state index contributed by atoms with van der Waals surface area (Å²) in [5, 5.41) is 0. The number of rotatable bonds is 4. The monoisotopic (exact) mass is 139 g/mol. The third-order valence-electron chi connectivity index (χ3n) is 2.05. The predicted molar refractivity (Wildman–Crippen MR) is 45.1 cm³/mol. The number of allylic oxidation sites excluding steroid dienone is 1. The molecule has 10 heavy (non-hydrogen) atoms. The molecule has 0 unspecified atom stereocenters. The van der Waals surface area contributed by atoms with Crippen LogP contribution in [0.2, 0.25) is 0 Å². The molecule has 0 atom stereocenters. The lowest BCUT2D eigenvalue weighted by Gasteiger charge is -2.16. The van der Waals surface area contributed by atoms with E-state index >= 15 is 0 Å². The standard InChI is InChI=1S/C9H17N/c1-3-5-8-10(4-2)9-6-7-9/h3,5,9H,4,6-8H2,1-2H3/b5-3+. The fraction of sp³-hybridized carbons (Fsp3) is 0.778. The van der Waals surface area contributed by atoms with Crippen LogP contribution in [-0.2, 0) is 0 Å². The normalized spacial score (nSPS) is 19.1. The lowest BCUT2D eigenvalue weighted by atomic mass is 10.4. The highest BCUT2D eigenvalue weighted by atomic mass is 15.2. The van der Waals surface area contributed by atoms with E-state index in [9.17, 15) is 0 Å². The molecule has 58 valence electrons. The van der Waals surface area contributed by atoms with Crippen molar-refractivity contribution in [1.29, 1.82) is 0 Å². The van der Waals surface area contributed by atoms with Gasteiger partial charge in [0.15, 0.2) is 0 Å². The Bertz CT molecular complexity index is 114. The second-order valence-corrected chi connectivity index (χ2v) is 2.89. The van der Waals surface area contributed by atoms with Gasteiger partial charge in [-0.05, 0) is 26.3 Å². The van der Waals surface area contributed by atoms with Crippen molar-refractivity contribution in [3.05, 3.63) is 12.2 Å². The molecular weight excluding hydrogens is 122 g/mol. The highest BCUT2D eigenvalue weighted by molar-refractivity contribution is 4.89. The molecule has 1 nitrogen and oxygen atoms in total. The Morgan fingerprint density at radius 2 is 2.20 bits per heavy atom. The maximum Gasteiger partial charge on any atom is 0.0165 e. The van der Waals surface area contributed by atoms with Crippen LogP contribution in [0.1, 0.15) is 26.7 Å². The van der Waals surface area contributed by atoms with Gasteiger partial charge in [0.1, 0.15) is 0 Å². The van der Waals surface area contributed by atoms with E-state index in [-0.39, 0.29) is 0 Å². The molecule has 1 aliphatic rings. The van der Waals surface area contributed by atoms with Gasteiger partial charge in [0.2, 0.25) is 0 Å². The molecule has 0 N–H and O–H groups in total. The molecule has 0 radical (unpaired) electrons. The van der Waals surface area contributed by atoms with Crippen LogP contribution in [0.15, 0.2) is 12.2 Å². The van der Waals surface area contributed by atoms with E-state index in [1.807, 2.05) is 0 Å². The minimum absolute atomic E-state index is 0.918. The third kappa shape index (κ3) is 2.14. The van der Waals surface area contributed by atoms with E-state index in [4.69, 9.17) is 0 Å². The van der Waals surface area contributed by atoms with E-state index < -0.39 is 0 Å². The van der Waals surface area contributed by atoms with Crippen molar-refractivity contribution in [2.24, 2.45) is 0 Å². The Hall–Kier alpha value is -0.300. The molecule has 1 aliphatic carbocycles. The molecule has 0 spiro atoms. The third-order valence-corrected chi connectivity index (χ3v) is 2.05. The van der Waals surface area contributed by atoms with E-state index in [1.54, 1.807) is 0 Å². The quantitative estimate of drug-likeness (QED) is 0.539. The number of hydrogen-bond donors (Lipinski definition) is 0. The summed E-state index contributed by atoms with van der Waals surface area (Å²) in [4.78, 5) is 2.53. The zero-order chi connectivity index (χ0) is 7.40. The summed E-state index contributed by atoms with van der Waals surface area (Å²) in [5.41, 5.74) is 0. The molecule has 0 amide bonds. The van der Waals surface area contributed by atoms with Crippen molar-refractivity contribution in [3.63, 3.8) is 0 Å². The largest absolute Gasteiger partial charge is 0.297 e. The topological polar surface area (TPSA) is 3.24 Å². The van der Waals surface area contributed by atoms with Crippen molar-refractivity contribution in [2.75, 3.05) is 13.1 Å². The maximum absolute atomic E-state index is 2.53. The molecule has 0 bridgehead atoms. The average molecular weight is 139 g/mol. The zero-order valence-electron chi connectivity index (χ0n) is 7.01. The van der Waals surface area contributed by atoms with Crippen molar-refractivity contribution in [3.8, 4) is 0 Å². The highest BCUT2D eigenvalue weighted by Crippen LogP contribution is 2.25. The van der Waals surface area contributed by atoms with Gasteiger partial charge < -0.3 is 0 Å². The SMILES string of the molecule is C/C=C/CN(CC)C1CC1. The Balaban J connectivity index is 2.19. The second kappa shape index (κ2) is 3.77. The van der Waals surface area contributed by atoms with Crippen LogP contribution in [0.3, 0.4) is 0 Å². The van der Waals surface area contributed by atoms with Crippen LogP contribution in [0.4, 0.5) is 0 Å². The summed E-state index contributed by atoms with van der Waals surface area (Å²) in [7, 11) is 0. The predicted octanol–water partition coefficient (Wildman–Crippen LogP) is 2.05. The van der Waals surface area contributed by atoms with Crippen LogP contribution in [-0.4, -0.2) is 24.0 Å². The average Bonchev–Trinajstić information content (AvgIpc) is 2.73. The highest BCUT2D eigenvalue weighted by Gasteiger charge is 2.26. The van der Waals surface area contributed by atoms with Gasteiger partial charge in [0, 0.05) is 12.6 Å². The molecule has 1 heteroatoms. The first-order chi connectivity index (χ1) is 4.88. The Kier molecular flexibility index (Phi) is 2.94. The minimum Gasteiger partial charge on any atom is -0.297 e. The van der Waals surface area contributed by atoms with Crippen LogP contribution >= 0.6 is 0 Å². The lowest BCUT2D eigenvalue weighted by molar-refractivity contribution is 0.308. The smallest absolute Gasteiger partial charge is 0.0165 e. The van der Waals surface area contributed by atoms with Gasteiger partial charge in [0.05, 0.1) is 0 Å². The molecule has 0 aromatic carbocycles. The van der Waals surface area contributed by atoms with Gasteiger partial charge in [-0.1, -0.05) is 19.1 Å². The first kappa shape index (κ1) is 7.80. The molecule has 1 fully saturated rings. The minimum atomic E-state index is 0.918. The Morgan fingerprint density at radius 1 is 1.50 bits per heavy atom. The molecule has 0 saturated heterocycles. The Labute approximate surface area is 63.7 Å².